The minimum atomic E-state index is 0.215. The van der Waals surface area contributed by atoms with Gasteiger partial charge in [0.2, 0.25) is 0 Å². The Morgan fingerprint density at radius 2 is 2.62 bits per heavy atom. The van der Waals surface area contributed by atoms with Crippen LogP contribution in [0.15, 0.2) is 16.9 Å². The van der Waals surface area contributed by atoms with Gasteiger partial charge >= 0.3 is 0 Å². The minimum Gasteiger partial charge on any atom is -0.409 e. The Labute approximate surface area is 80.5 Å². The Balaban J connectivity index is 2.38. The van der Waals surface area contributed by atoms with E-state index in [1.165, 1.54) is 0 Å². The van der Waals surface area contributed by atoms with Gasteiger partial charge in [-0.2, -0.15) is 0 Å². The van der Waals surface area contributed by atoms with Crippen LogP contribution in [0.25, 0.3) is 0 Å². The summed E-state index contributed by atoms with van der Waals surface area (Å²) in [6, 6.07) is 0. The zero-order valence-corrected chi connectivity index (χ0v) is 8.16. The molecule has 0 aliphatic heterocycles. The number of likely N-dealkylation sites (N-methyl/N-ethyl adjacent to an activating group) is 1. The Morgan fingerprint density at radius 1 is 1.85 bits per heavy atom. The summed E-state index contributed by atoms with van der Waals surface area (Å²) in [5.74, 6) is 0.215. The van der Waals surface area contributed by atoms with Crippen LogP contribution in [0.3, 0.4) is 0 Å². The zero-order chi connectivity index (χ0) is 9.68. The fourth-order valence-corrected chi connectivity index (χ4v) is 1.62. The van der Waals surface area contributed by atoms with Crippen molar-refractivity contribution in [1.82, 2.24) is 9.88 Å². The molecule has 0 aliphatic rings. The molecule has 1 rings (SSSR count). The summed E-state index contributed by atoms with van der Waals surface area (Å²) >= 11 is 1.59. The second-order valence-corrected chi connectivity index (χ2v) is 3.70. The number of hydrogen-bond acceptors (Lipinski definition) is 5. The quantitative estimate of drug-likeness (QED) is 0.318. The van der Waals surface area contributed by atoms with E-state index in [1.807, 2.05) is 18.1 Å². The topological polar surface area (TPSA) is 74.7 Å². The van der Waals surface area contributed by atoms with Crippen LogP contribution in [-0.4, -0.2) is 34.5 Å². The molecule has 0 unspecified atom stereocenters. The van der Waals surface area contributed by atoms with Crippen molar-refractivity contribution in [3.63, 3.8) is 0 Å². The third kappa shape index (κ3) is 3.39. The normalized spacial score (nSPS) is 12.3. The van der Waals surface area contributed by atoms with Gasteiger partial charge < -0.3 is 10.9 Å². The molecule has 6 heteroatoms. The molecule has 1 aromatic heterocycles. The molecule has 1 aromatic rings. The summed E-state index contributed by atoms with van der Waals surface area (Å²) < 4.78 is 0. The smallest absolute Gasteiger partial charge is 0.153 e. The number of hydrogen-bond donors (Lipinski definition) is 2. The van der Waals surface area contributed by atoms with Crippen LogP contribution in [0.4, 0.5) is 0 Å². The summed E-state index contributed by atoms with van der Waals surface area (Å²) in [5, 5.41) is 11.2. The molecule has 0 radical (unpaired) electrons. The Bertz CT molecular complexity index is 272. The molecule has 0 aliphatic carbocycles. The van der Waals surface area contributed by atoms with Crippen molar-refractivity contribution in [3.8, 4) is 0 Å². The molecule has 1 heterocycles. The standard InChI is InChI=1S/C7H12N4OS/c1-11(4-7(8)10-12)3-6-2-9-5-13-6/h2,5,12H,3-4H2,1H3,(H2,8,10). The zero-order valence-electron chi connectivity index (χ0n) is 7.34. The van der Waals surface area contributed by atoms with Gasteiger partial charge in [-0.25, -0.2) is 0 Å². The number of aromatic nitrogens is 1. The molecule has 0 atom stereocenters. The predicted octanol–water partition coefficient (Wildman–Crippen LogP) is 0.321. The van der Waals surface area contributed by atoms with Gasteiger partial charge in [0.15, 0.2) is 5.84 Å². The van der Waals surface area contributed by atoms with Gasteiger partial charge in [0.1, 0.15) is 0 Å². The second-order valence-electron chi connectivity index (χ2n) is 2.73. The first kappa shape index (κ1) is 9.94. The summed E-state index contributed by atoms with van der Waals surface area (Å²) in [5.41, 5.74) is 7.13. The van der Waals surface area contributed by atoms with E-state index in [2.05, 4.69) is 10.1 Å². The van der Waals surface area contributed by atoms with Crippen LogP contribution >= 0.6 is 11.3 Å². The van der Waals surface area contributed by atoms with E-state index in [0.29, 0.717) is 6.54 Å². The van der Waals surface area contributed by atoms with Crippen LogP contribution in [0, 0.1) is 0 Å². The van der Waals surface area contributed by atoms with Crippen LogP contribution in [-0.2, 0) is 6.54 Å². The lowest BCUT2D eigenvalue weighted by Crippen LogP contribution is -2.30. The fourth-order valence-electron chi connectivity index (χ4n) is 0.950. The lowest BCUT2D eigenvalue weighted by atomic mass is 10.4. The average molecular weight is 200 g/mol. The number of thiazole rings is 1. The highest BCUT2D eigenvalue weighted by molar-refractivity contribution is 7.09. The van der Waals surface area contributed by atoms with E-state index in [9.17, 15) is 0 Å². The molecule has 72 valence electrons. The van der Waals surface area contributed by atoms with Crippen molar-refractivity contribution in [2.75, 3.05) is 13.6 Å². The summed E-state index contributed by atoms with van der Waals surface area (Å²) in [6.45, 7) is 1.22. The SMILES string of the molecule is CN(CC(N)=NO)Cc1cncs1. The van der Waals surface area contributed by atoms with Crippen LogP contribution in [0.2, 0.25) is 0 Å². The molecule has 0 fully saturated rings. The maximum absolute atomic E-state index is 8.34. The number of amidine groups is 1. The molecule has 0 spiro atoms. The Hall–Kier alpha value is -1.14. The number of rotatable bonds is 4. The first-order chi connectivity index (χ1) is 6.22. The molecule has 0 bridgehead atoms. The predicted molar refractivity (Wildman–Crippen MR) is 51.9 cm³/mol. The number of nitrogens with two attached hydrogens (primary N) is 1. The largest absolute Gasteiger partial charge is 0.409 e. The van der Waals surface area contributed by atoms with Crippen molar-refractivity contribution in [2.45, 2.75) is 6.54 Å². The van der Waals surface area contributed by atoms with Gasteiger partial charge in [-0.05, 0) is 7.05 Å². The molecular weight excluding hydrogens is 188 g/mol. The van der Waals surface area contributed by atoms with Crippen LogP contribution in [0.1, 0.15) is 4.88 Å². The van der Waals surface area contributed by atoms with Crippen molar-refractivity contribution in [2.24, 2.45) is 10.9 Å². The summed E-state index contributed by atoms with van der Waals surface area (Å²) in [6.07, 6.45) is 1.81. The van der Waals surface area contributed by atoms with E-state index in [-0.39, 0.29) is 5.84 Å². The van der Waals surface area contributed by atoms with Crippen molar-refractivity contribution >= 4 is 17.2 Å². The minimum absolute atomic E-state index is 0.215. The van der Waals surface area contributed by atoms with Gasteiger partial charge in [0.05, 0.1) is 12.1 Å². The summed E-state index contributed by atoms with van der Waals surface area (Å²) in [7, 11) is 1.90. The molecule has 13 heavy (non-hydrogen) atoms. The second kappa shape index (κ2) is 4.78. The van der Waals surface area contributed by atoms with Crippen molar-refractivity contribution in [1.29, 1.82) is 0 Å². The van der Waals surface area contributed by atoms with E-state index in [1.54, 1.807) is 16.8 Å². The molecular formula is C7H12N4OS. The fraction of sp³-hybridized carbons (Fsp3) is 0.429. The Kier molecular flexibility index (Phi) is 3.66. The highest BCUT2D eigenvalue weighted by Gasteiger charge is 2.03. The van der Waals surface area contributed by atoms with Crippen LogP contribution in [0.5, 0.6) is 0 Å². The van der Waals surface area contributed by atoms with Gasteiger partial charge in [-0.1, -0.05) is 5.16 Å². The first-order valence-electron chi connectivity index (χ1n) is 3.74. The van der Waals surface area contributed by atoms with Gasteiger partial charge in [0, 0.05) is 17.6 Å². The van der Waals surface area contributed by atoms with E-state index < -0.39 is 0 Å². The molecule has 5 nitrogen and oxygen atoms in total. The molecule has 0 amide bonds. The van der Waals surface area contributed by atoms with E-state index in [0.717, 1.165) is 11.4 Å². The lowest BCUT2D eigenvalue weighted by Gasteiger charge is -2.13. The third-order valence-corrected chi connectivity index (χ3v) is 2.23. The molecule has 3 N–H and O–H groups in total. The summed E-state index contributed by atoms with van der Waals surface area (Å²) in [4.78, 5) is 7.06. The van der Waals surface area contributed by atoms with E-state index >= 15 is 0 Å². The van der Waals surface area contributed by atoms with Crippen molar-refractivity contribution in [3.05, 3.63) is 16.6 Å². The maximum atomic E-state index is 8.34. The number of nitrogens with zero attached hydrogens (tertiary/aromatic N) is 3. The highest BCUT2D eigenvalue weighted by atomic mass is 32.1. The van der Waals surface area contributed by atoms with Crippen molar-refractivity contribution < 1.29 is 5.21 Å². The van der Waals surface area contributed by atoms with Gasteiger partial charge in [-0.3, -0.25) is 9.88 Å². The molecule has 0 aromatic carbocycles. The van der Waals surface area contributed by atoms with Gasteiger partial charge in [-0.15, -0.1) is 11.3 Å². The first-order valence-corrected chi connectivity index (χ1v) is 4.62. The van der Waals surface area contributed by atoms with Crippen LogP contribution < -0.4 is 5.73 Å². The maximum Gasteiger partial charge on any atom is 0.153 e. The van der Waals surface area contributed by atoms with Gasteiger partial charge in [0.25, 0.3) is 0 Å². The monoisotopic (exact) mass is 200 g/mol. The molecule has 0 saturated heterocycles. The number of oxime groups is 1. The van der Waals surface area contributed by atoms with E-state index in [4.69, 9.17) is 10.9 Å². The third-order valence-electron chi connectivity index (χ3n) is 1.47. The molecule has 0 saturated carbocycles. The highest BCUT2D eigenvalue weighted by Crippen LogP contribution is 2.07. The lowest BCUT2D eigenvalue weighted by molar-refractivity contribution is 0.308. The average Bonchev–Trinajstić information content (AvgIpc) is 2.56. The Morgan fingerprint density at radius 3 is 3.15 bits per heavy atom.